The number of imidazole rings is 1. The SMILES string of the molecule is COc1ccccc1N1CCN(C(=O)c2ccc3c(c2)nc(C)n3-c2ccccc2)CC1. The second-order valence-electron chi connectivity index (χ2n) is 7.98. The number of amides is 1. The quantitative estimate of drug-likeness (QED) is 0.488. The number of fused-ring (bicyclic) bond motifs is 1. The summed E-state index contributed by atoms with van der Waals surface area (Å²) in [7, 11) is 1.69. The Labute approximate surface area is 187 Å². The van der Waals surface area contributed by atoms with Crippen LogP contribution >= 0.6 is 0 Å². The maximum Gasteiger partial charge on any atom is 0.254 e. The van der Waals surface area contributed by atoms with E-state index >= 15 is 0 Å². The highest BCUT2D eigenvalue weighted by atomic mass is 16.5. The molecular formula is C26H26N4O2. The molecule has 4 aromatic rings. The molecule has 1 saturated heterocycles. The first-order valence-corrected chi connectivity index (χ1v) is 10.9. The zero-order valence-electron chi connectivity index (χ0n) is 18.4. The lowest BCUT2D eigenvalue weighted by Gasteiger charge is -2.36. The summed E-state index contributed by atoms with van der Waals surface area (Å²) in [5, 5.41) is 0. The molecule has 6 heteroatoms. The molecule has 1 aliphatic heterocycles. The first kappa shape index (κ1) is 20.1. The number of carbonyl (C=O) groups excluding carboxylic acids is 1. The predicted molar refractivity (Wildman–Crippen MR) is 127 cm³/mol. The summed E-state index contributed by atoms with van der Waals surface area (Å²) in [4.78, 5) is 22.1. The molecule has 6 nitrogen and oxygen atoms in total. The van der Waals surface area contributed by atoms with Crippen LogP contribution in [0.5, 0.6) is 5.75 Å². The van der Waals surface area contributed by atoms with Crippen molar-refractivity contribution < 1.29 is 9.53 Å². The number of para-hydroxylation sites is 3. The summed E-state index contributed by atoms with van der Waals surface area (Å²) in [5.41, 5.74) is 4.67. The second-order valence-corrected chi connectivity index (χ2v) is 7.98. The number of rotatable bonds is 4. The largest absolute Gasteiger partial charge is 0.495 e. The molecule has 0 saturated carbocycles. The fraction of sp³-hybridized carbons (Fsp3) is 0.231. The average molecular weight is 427 g/mol. The number of benzene rings is 3. The number of anilines is 1. The van der Waals surface area contributed by atoms with Crippen molar-refractivity contribution in [2.45, 2.75) is 6.92 Å². The number of hydrogen-bond donors (Lipinski definition) is 0. The molecule has 5 rings (SSSR count). The number of nitrogens with zero attached hydrogens (tertiary/aromatic N) is 4. The van der Waals surface area contributed by atoms with Gasteiger partial charge in [0.25, 0.3) is 5.91 Å². The van der Waals surface area contributed by atoms with E-state index in [1.165, 1.54) is 0 Å². The minimum Gasteiger partial charge on any atom is -0.495 e. The lowest BCUT2D eigenvalue weighted by atomic mass is 10.1. The fourth-order valence-corrected chi connectivity index (χ4v) is 4.46. The standard InChI is InChI=1S/C26H26N4O2/c1-19-27-22-18-20(12-13-23(22)30(19)21-8-4-3-5-9-21)26(31)29-16-14-28(15-17-29)24-10-6-7-11-25(24)32-2/h3-13,18H,14-17H2,1-2H3. The van der Waals surface area contributed by atoms with Gasteiger partial charge in [0.1, 0.15) is 11.6 Å². The Bertz CT molecular complexity index is 1260. The second kappa shape index (κ2) is 8.38. The van der Waals surface area contributed by atoms with Gasteiger partial charge >= 0.3 is 0 Å². The lowest BCUT2D eigenvalue weighted by Crippen LogP contribution is -2.48. The van der Waals surface area contributed by atoms with E-state index in [0.717, 1.165) is 47.1 Å². The first-order chi connectivity index (χ1) is 15.7. The van der Waals surface area contributed by atoms with Crippen molar-refractivity contribution in [2.75, 3.05) is 38.2 Å². The number of piperazine rings is 1. The van der Waals surface area contributed by atoms with Crippen molar-refractivity contribution in [3.05, 3.63) is 84.2 Å². The Morgan fingerprint density at radius 2 is 1.62 bits per heavy atom. The van der Waals surface area contributed by atoms with Crippen molar-refractivity contribution in [3.8, 4) is 11.4 Å². The van der Waals surface area contributed by atoms with Gasteiger partial charge in [0.2, 0.25) is 0 Å². The van der Waals surface area contributed by atoms with Crippen LogP contribution in [0.2, 0.25) is 0 Å². The van der Waals surface area contributed by atoms with Crippen LogP contribution in [0.15, 0.2) is 72.8 Å². The van der Waals surface area contributed by atoms with Gasteiger partial charge in [0.15, 0.2) is 0 Å². The Morgan fingerprint density at radius 3 is 2.38 bits per heavy atom. The van der Waals surface area contributed by atoms with Gasteiger partial charge < -0.3 is 14.5 Å². The lowest BCUT2D eigenvalue weighted by molar-refractivity contribution is 0.0747. The number of carbonyl (C=O) groups is 1. The molecule has 1 fully saturated rings. The molecular weight excluding hydrogens is 400 g/mol. The maximum absolute atomic E-state index is 13.2. The summed E-state index contributed by atoms with van der Waals surface area (Å²) in [6.45, 7) is 4.89. The van der Waals surface area contributed by atoms with E-state index in [2.05, 4.69) is 27.7 Å². The molecule has 1 aliphatic rings. The molecule has 0 radical (unpaired) electrons. The van der Waals surface area contributed by atoms with Crippen LogP contribution in [0.3, 0.4) is 0 Å². The smallest absolute Gasteiger partial charge is 0.254 e. The summed E-state index contributed by atoms with van der Waals surface area (Å²) < 4.78 is 7.62. The molecule has 2 heterocycles. The van der Waals surface area contributed by atoms with Crippen LogP contribution in [0.4, 0.5) is 5.69 Å². The van der Waals surface area contributed by atoms with E-state index in [1.807, 2.05) is 66.4 Å². The summed E-state index contributed by atoms with van der Waals surface area (Å²) in [5.74, 6) is 1.82. The fourth-order valence-electron chi connectivity index (χ4n) is 4.46. The Balaban J connectivity index is 1.35. The van der Waals surface area contributed by atoms with Crippen molar-refractivity contribution in [1.82, 2.24) is 14.5 Å². The van der Waals surface area contributed by atoms with Crippen LogP contribution in [-0.4, -0.2) is 53.6 Å². The molecule has 1 amide bonds. The predicted octanol–water partition coefficient (Wildman–Crippen LogP) is 4.30. The number of aromatic nitrogens is 2. The molecule has 0 bridgehead atoms. The Hall–Kier alpha value is -3.80. The van der Waals surface area contributed by atoms with Gasteiger partial charge in [-0.2, -0.15) is 0 Å². The van der Waals surface area contributed by atoms with Crippen molar-refractivity contribution >= 4 is 22.6 Å². The molecule has 0 N–H and O–H groups in total. The van der Waals surface area contributed by atoms with E-state index < -0.39 is 0 Å². The van der Waals surface area contributed by atoms with Crippen molar-refractivity contribution in [1.29, 1.82) is 0 Å². The van der Waals surface area contributed by atoms with Gasteiger partial charge in [0, 0.05) is 37.4 Å². The van der Waals surface area contributed by atoms with Gasteiger partial charge in [-0.3, -0.25) is 9.36 Å². The first-order valence-electron chi connectivity index (χ1n) is 10.9. The van der Waals surface area contributed by atoms with E-state index in [0.29, 0.717) is 18.7 Å². The normalized spacial score (nSPS) is 14.1. The highest BCUT2D eigenvalue weighted by molar-refractivity contribution is 5.97. The third kappa shape index (κ3) is 3.58. The van der Waals surface area contributed by atoms with Crippen molar-refractivity contribution in [2.24, 2.45) is 0 Å². The number of ether oxygens (including phenoxy) is 1. The zero-order chi connectivity index (χ0) is 22.1. The van der Waals surface area contributed by atoms with E-state index in [4.69, 9.17) is 9.72 Å². The molecule has 0 atom stereocenters. The third-order valence-electron chi connectivity index (χ3n) is 6.08. The van der Waals surface area contributed by atoms with E-state index in [-0.39, 0.29) is 5.91 Å². The molecule has 32 heavy (non-hydrogen) atoms. The van der Waals surface area contributed by atoms with Crippen LogP contribution < -0.4 is 9.64 Å². The van der Waals surface area contributed by atoms with Crippen LogP contribution in [0.1, 0.15) is 16.2 Å². The monoisotopic (exact) mass is 426 g/mol. The van der Waals surface area contributed by atoms with Crippen LogP contribution in [-0.2, 0) is 0 Å². The third-order valence-corrected chi connectivity index (χ3v) is 6.08. The van der Waals surface area contributed by atoms with Gasteiger partial charge in [-0.05, 0) is 49.4 Å². The van der Waals surface area contributed by atoms with Crippen LogP contribution in [0, 0.1) is 6.92 Å². The molecule has 1 aromatic heterocycles. The molecule has 162 valence electrons. The molecule has 0 spiro atoms. The van der Waals surface area contributed by atoms with Gasteiger partial charge in [-0.25, -0.2) is 4.98 Å². The minimum atomic E-state index is 0.0542. The zero-order valence-corrected chi connectivity index (χ0v) is 18.4. The van der Waals surface area contributed by atoms with Gasteiger partial charge in [-0.1, -0.05) is 30.3 Å². The van der Waals surface area contributed by atoms with Gasteiger partial charge in [0.05, 0.1) is 23.8 Å². The van der Waals surface area contributed by atoms with Crippen LogP contribution in [0.25, 0.3) is 16.7 Å². The topological polar surface area (TPSA) is 50.6 Å². The average Bonchev–Trinajstić information content (AvgIpc) is 3.19. The molecule has 3 aromatic carbocycles. The minimum absolute atomic E-state index is 0.0542. The summed E-state index contributed by atoms with van der Waals surface area (Å²) in [6, 6.07) is 24.0. The highest BCUT2D eigenvalue weighted by Gasteiger charge is 2.24. The number of methoxy groups -OCH3 is 1. The van der Waals surface area contributed by atoms with E-state index in [1.54, 1.807) is 7.11 Å². The summed E-state index contributed by atoms with van der Waals surface area (Å²) >= 11 is 0. The maximum atomic E-state index is 13.2. The molecule has 0 aliphatic carbocycles. The van der Waals surface area contributed by atoms with Gasteiger partial charge in [-0.15, -0.1) is 0 Å². The number of aryl methyl sites for hydroxylation is 1. The summed E-state index contributed by atoms with van der Waals surface area (Å²) in [6.07, 6.45) is 0. The number of hydrogen-bond acceptors (Lipinski definition) is 4. The molecule has 0 unspecified atom stereocenters. The van der Waals surface area contributed by atoms with Crippen molar-refractivity contribution in [3.63, 3.8) is 0 Å². The Kier molecular flexibility index (Phi) is 5.27. The highest BCUT2D eigenvalue weighted by Crippen LogP contribution is 2.29. The van der Waals surface area contributed by atoms with E-state index in [9.17, 15) is 4.79 Å². The Morgan fingerprint density at radius 1 is 0.906 bits per heavy atom.